The number of carbonyl (C=O) groups excluding carboxylic acids is 1. The van der Waals surface area contributed by atoms with E-state index < -0.39 is 20.2 Å². The minimum Gasteiger partial charge on any atom is -0.480 e. The standard InChI is InChI=1S/C10H20NO4P.CH5N/c1-3-4-6-15-16(2)7-5-9(10(13)14)11-8-12;1-2/h8-9H,3-7H2,1-2H3,(H,11,12)(H,13,14);2H2,1H3. The van der Waals surface area contributed by atoms with Gasteiger partial charge in [0.25, 0.3) is 0 Å². The van der Waals surface area contributed by atoms with E-state index in [4.69, 9.17) is 9.63 Å². The Balaban J connectivity index is 0. The fourth-order valence-corrected chi connectivity index (χ4v) is 2.29. The highest BCUT2D eigenvalue weighted by molar-refractivity contribution is 7.51. The van der Waals surface area contributed by atoms with Crippen LogP contribution < -0.4 is 11.1 Å². The van der Waals surface area contributed by atoms with Crippen LogP contribution in [0.25, 0.3) is 0 Å². The van der Waals surface area contributed by atoms with Crippen molar-refractivity contribution in [2.75, 3.05) is 26.5 Å². The van der Waals surface area contributed by atoms with Crippen molar-refractivity contribution in [3.8, 4) is 0 Å². The van der Waals surface area contributed by atoms with E-state index in [2.05, 4.69) is 18.0 Å². The molecule has 0 spiro atoms. The molecular weight excluding hydrogens is 255 g/mol. The van der Waals surface area contributed by atoms with E-state index >= 15 is 0 Å². The van der Waals surface area contributed by atoms with Crippen LogP contribution in [0.15, 0.2) is 0 Å². The molecular formula is C11H25N2O4P. The molecule has 108 valence electrons. The highest BCUT2D eigenvalue weighted by Crippen LogP contribution is 2.33. The third kappa shape index (κ3) is 11.8. The Morgan fingerprint density at radius 1 is 1.56 bits per heavy atom. The molecule has 0 bridgehead atoms. The Hall–Kier alpha value is -0.710. The predicted molar refractivity (Wildman–Crippen MR) is 73.9 cm³/mol. The first-order valence-electron chi connectivity index (χ1n) is 5.96. The summed E-state index contributed by atoms with van der Waals surface area (Å²) in [4.78, 5) is 20.9. The molecule has 0 heterocycles. The molecule has 0 aromatic rings. The summed E-state index contributed by atoms with van der Waals surface area (Å²) >= 11 is 0. The lowest BCUT2D eigenvalue weighted by molar-refractivity contribution is -0.140. The highest BCUT2D eigenvalue weighted by atomic mass is 31.1. The zero-order valence-corrected chi connectivity index (χ0v) is 12.3. The average molecular weight is 280 g/mol. The van der Waals surface area contributed by atoms with Crippen LogP contribution in [0.2, 0.25) is 0 Å². The van der Waals surface area contributed by atoms with Crippen LogP contribution in [-0.2, 0) is 14.1 Å². The molecule has 0 fully saturated rings. The molecule has 0 aliphatic rings. The van der Waals surface area contributed by atoms with E-state index in [9.17, 15) is 9.59 Å². The minimum absolute atomic E-state index is 0.419. The lowest BCUT2D eigenvalue weighted by Crippen LogP contribution is -2.36. The second-order valence-electron chi connectivity index (χ2n) is 3.50. The van der Waals surface area contributed by atoms with Gasteiger partial charge in [-0.3, -0.25) is 4.79 Å². The van der Waals surface area contributed by atoms with Crippen LogP contribution in [0.1, 0.15) is 26.2 Å². The number of nitrogens with one attached hydrogen (secondary N) is 1. The first-order chi connectivity index (χ1) is 8.61. The van der Waals surface area contributed by atoms with E-state index in [1.54, 1.807) is 0 Å². The fraction of sp³-hybridized carbons (Fsp3) is 0.818. The lowest BCUT2D eigenvalue weighted by Gasteiger charge is -2.15. The maximum atomic E-state index is 10.7. The van der Waals surface area contributed by atoms with E-state index in [0.717, 1.165) is 19.4 Å². The predicted octanol–water partition coefficient (Wildman–Crippen LogP) is 0.994. The number of rotatable bonds is 10. The van der Waals surface area contributed by atoms with E-state index in [0.29, 0.717) is 19.0 Å². The molecule has 0 rings (SSSR count). The zero-order chi connectivity index (χ0) is 14.4. The SMILES string of the molecule is CCCCOP(C)CCC(NC=O)C(=O)O.CN. The van der Waals surface area contributed by atoms with Crippen molar-refractivity contribution in [3.63, 3.8) is 0 Å². The van der Waals surface area contributed by atoms with Gasteiger partial charge >= 0.3 is 5.97 Å². The number of hydrogen-bond acceptors (Lipinski definition) is 4. The molecule has 0 aliphatic heterocycles. The largest absolute Gasteiger partial charge is 0.480 e. The van der Waals surface area contributed by atoms with Gasteiger partial charge in [0.2, 0.25) is 6.41 Å². The number of carboxylic acids is 1. The number of amides is 1. The van der Waals surface area contributed by atoms with Crippen LogP contribution in [0.3, 0.4) is 0 Å². The second kappa shape index (κ2) is 14.4. The molecule has 0 saturated heterocycles. The Kier molecular flexibility index (Phi) is 15.6. The maximum absolute atomic E-state index is 10.7. The van der Waals surface area contributed by atoms with Gasteiger partial charge in [-0.1, -0.05) is 13.3 Å². The van der Waals surface area contributed by atoms with Crippen LogP contribution in [-0.4, -0.2) is 50.0 Å². The van der Waals surface area contributed by atoms with Gasteiger partial charge in [0, 0.05) is 8.15 Å². The summed E-state index contributed by atoms with van der Waals surface area (Å²) in [5.74, 6) is -0.996. The topological polar surface area (TPSA) is 102 Å². The minimum atomic E-state index is -0.996. The number of aliphatic carboxylic acids is 1. The average Bonchev–Trinajstić information content (AvgIpc) is 2.37. The molecule has 7 heteroatoms. The van der Waals surface area contributed by atoms with Crippen LogP contribution in [0.4, 0.5) is 0 Å². The van der Waals surface area contributed by atoms with Crippen molar-refractivity contribution in [3.05, 3.63) is 0 Å². The first-order valence-corrected chi connectivity index (χ1v) is 7.85. The van der Waals surface area contributed by atoms with Gasteiger partial charge in [-0.05, 0) is 32.7 Å². The Labute approximate surface area is 110 Å². The Morgan fingerprint density at radius 3 is 2.61 bits per heavy atom. The smallest absolute Gasteiger partial charge is 0.326 e. The van der Waals surface area contributed by atoms with E-state index in [-0.39, 0.29) is 0 Å². The van der Waals surface area contributed by atoms with Crippen molar-refractivity contribution in [2.24, 2.45) is 5.73 Å². The summed E-state index contributed by atoms with van der Waals surface area (Å²) in [5.41, 5.74) is 4.50. The summed E-state index contributed by atoms with van der Waals surface area (Å²) in [6.07, 6.45) is 3.66. The van der Waals surface area contributed by atoms with Gasteiger partial charge in [-0.25, -0.2) is 4.79 Å². The normalized spacial score (nSPS) is 12.9. The summed E-state index contributed by atoms with van der Waals surface area (Å²) in [5, 5.41) is 11.1. The molecule has 18 heavy (non-hydrogen) atoms. The fourth-order valence-electron chi connectivity index (χ4n) is 1.10. The van der Waals surface area contributed by atoms with Crippen LogP contribution in [0, 0.1) is 0 Å². The summed E-state index contributed by atoms with van der Waals surface area (Å²) in [6, 6.07) is -0.794. The van der Waals surface area contributed by atoms with Crippen LogP contribution in [0.5, 0.6) is 0 Å². The van der Waals surface area contributed by atoms with E-state index in [1.165, 1.54) is 7.05 Å². The molecule has 2 atom stereocenters. The van der Waals surface area contributed by atoms with Crippen molar-refractivity contribution in [1.82, 2.24) is 5.32 Å². The number of nitrogens with two attached hydrogens (primary N) is 1. The number of unbranched alkanes of at least 4 members (excludes halogenated alkanes) is 1. The molecule has 1 amide bonds. The molecule has 4 N–H and O–H groups in total. The quantitative estimate of drug-likeness (QED) is 0.315. The number of carboxylic acid groups (broad SMARTS) is 1. The van der Waals surface area contributed by atoms with E-state index in [1.807, 2.05) is 6.66 Å². The van der Waals surface area contributed by atoms with Gasteiger partial charge in [-0.2, -0.15) is 0 Å². The lowest BCUT2D eigenvalue weighted by atomic mass is 10.2. The molecule has 0 aromatic heterocycles. The zero-order valence-electron chi connectivity index (χ0n) is 11.4. The second-order valence-corrected chi connectivity index (χ2v) is 5.46. The summed E-state index contributed by atoms with van der Waals surface area (Å²) < 4.78 is 5.55. The van der Waals surface area contributed by atoms with Crippen molar-refractivity contribution in [1.29, 1.82) is 0 Å². The highest BCUT2D eigenvalue weighted by Gasteiger charge is 2.17. The van der Waals surface area contributed by atoms with Crippen molar-refractivity contribution in [2.45, 2.75) is 32.2 Å². The van der Waals surface area contributed by atoms with Crippen LogP contribution >= 0.6 is 8.15 Å². The molecule has 0 aromatic carbocycles. The maximum Gasteiger partial charge on any atom is 0.326 e. The monoisotopic (exact) mass is 280 g/mol. The van der Waals surface area contributed by atoms with Gasteiger partial charge in [0.05, 0.1) is 6.61 Å². The summed E-state index contributed by atoms with van der Waals surface area (Å²) in [7, 11) is 0.921. The number of carbonyl (C=O) groups is 2. The summed E-state index contributed by atoms with van der Waals surface area (Å²) in [6.45, 7) is 4.80. The van der Waals surface area contributed by atoms with Gasteiger partial charge in [0.1, 0.15) is 6.04 Å². The molecule has 2 unspecified atom stereocenters. The Bertz CT molecular complexity index is 217. The third-order valence-electron chi connectivity index (χ3n) is 2.11. The molecule has 0 aliphatic carbocycles. The molecule has 6 nitrogen and oxygen atoms in total. The Morgan fingerprint density at radius 2 is 2.17 bits per heavy atom. The third-order valence-corrected chi connectivity index (χ3v) is 3.62. The van der Waals surface area contributed by atoms with Crippen molar-refractivity contribution < 1.29 is 19.2 Å². The first kappa shape index (κ1) is 19.6. The van der Waals surface area contributed by atoms with Gasteiger partial charge < -0.3 is 20.7 Å². The van der Waals surface area contributed by atoms with Gasteiger partial charge in [0.15, 0.2) is 0 Å². The molecule has 0 radical (unpaired) electrons. The van der Waals surface area contributed by atoms with Gasteiger partial charge in [-0.15, -0.1) is 0 Å². The molecule has 0 saturated carbocycles. The van der Waals surface area contributed by atoms with Crippen molar-refractivity contribution >= 4 is 20.5 Å². The number of hydrogen-bond donors (Lipinski definition) is 3.